The van der Waals surface area contributed by atoms with Gasteiger partial charge in [-0.25, -0.2) is 0 Å². The molecule has 4 rings (SSSR count). The Hall–Kier alpha value is -2.67. The molecule has 0 radical (unpaired) electrons. The molecule has 3 aliphatic rings. The van der Waals surface area contributed by atoms with Crippen molar-refractivity contribution in [2.24, 2.45) is 33.5 Å². The van der Waals surface area contributed by atoms with Gasteiger partial charge in [0, 0.05) is 17.5 Å². The van der Waals surface area contributed by atoms with Gasteiger partial charge in [0.2, 0.25) is 22.1 Å². The highest BCUT2D eigenvalue weighted by Crippen LogP contribution is 2.69. The van der Waals surface area contributed by atoms with Gasteiger partial charge >= 0.3 is 0 Å². The van der Waals surface area contributed by atoms with Gasteiger partial charge in [-0.05, 0) is 51.0 Å². The standard InChI is InChI=1S/C28H36N2O4S/c1-25(2)21(26(25,3)4)23(31)29-18-12-9-16(10-13-18)17-11-14-19(20(15-17)35(33)34)30-24(32)22-27(5,6)28(22,7)8/h9-15,19,21-22H,1-8H3,(H,29,31)(H,30,32)/t19-/m0/s1. The molecule has 2 saturated carbocycles. The fraction of sp³-hybridized carbons (Fsp3) is 0.536. The average Bonchev–Trinajstić information content (AvgIpc) is 3.36. The first-order valence-electron chi connectivity index (χ1n) is 12.1. The Morgan fingerprint density at radius 1 is 0.771 bits per heavy atom. The summed E-state index contributed by atoms with van der Waals surface area (Å²) in [6.07, 6.45) is 5.14. The van der Waals surface area contributed by atoms with Crippen LogP contribution in [-0.2, 0) is 19.9 Å². The number of anilines is 1. The fourth-order valence-corrected chi connectivity index (χ4v) is 6.51. The molecule has 188 valence electrons. The Bertz CT molecular complexity index is 1260. The first kappa shape index (κ1) is 25.4. The lowest BCUT2D eigenvalue weighted by molar-refractivity contribution is -0.123. The molecule has 1 atom stereocenters. The molecule has 6 nitrogen and oxygen atoms in total. The molecule has 1 aromatic rings. The number of amides is 2. The van der Waals surface area contributed by atoms with Crippen LogP contribution in [0.2, 0.25) is 0 Å². The highest BCUT2D eigenvalue weighted by molar-refractivity contribution is 7.73. The number of rotatable bonds is 5. The van der Waals surface area contributed by atoms with Crippen molar-refractivity contribution in [3.63, 3.8) is 0 Å². The van der Waals surface area contributed by atoms with Gasteiger partial charge in [0.1, 0.15) is 0 Å². The monoisotopic (exact) mass is 496 g/mol. The van der Waals surface area contributed by atoms with Crippen LogP contribution in [0, 0.1) is 33.5 Å². The molecule has 0 bridgehead atoms. The van der Waals surface area contributed by atoms with Crippen molar-refractivity contribution < 1.29 is 18.0 Å². The number of carbonyl (C=O) groups excluding carboxylic acids is 2. The Kier molecular flexibility index (Phi) is 5.75. The zero-order valence-electron chi connectivity index (χ0n) is 21.8. The number of hydrogen-bond donors (Lipinski definition) is 2. The van der Waals surface area contributed by atoms with E-state index in [1.165, 1.54) is 0 Å². The molecule has 0 unspecified atom stereocenters. The van der Waals surface area contributed by atoms with Crippen molar-refractivity contribution >= 4 is 38.2 Å². The van der Waals surface area contributed by atoms with E-state index in [1.807, 2.05) is 30.3 Å². The molecule has 3 aliphatic carbocycles. The van der Waals surface area contributed by atoms with Gasteiger partial charge in [0.05, 0.1) is 10.9 Å². The van der Waals surface area contributed by atoms with E-state index in [9.17, 15) is 18.0 Å². The quantitative estimate of drug-likeness (QED) is 0.588. The van der Waals surface area contributed by atoms with E-state index >= 15 is 0 Å². The summed E-state index contributed by atoms with van der Waals surface area (Å²) in [6.45, 7) is 16.7. The molecule has 0 saturated heterocycles. The second-order valence-electron chi connectivity index (χ2n) is 12.4. The molecule has 35 heavy (non-hydrogen) atoms. The van der Waals surface area contributed by atoms with E-state index < -0.39 is 16.3 Å². The summed E-state index contributed by atoms with van der Waals surface area (Å²) in [5.74, 6) is -0.314. The highest BCUT2D eigenvalue weighted by Gasteiger charge is 2.69. The van der Waals surface area contributed by atoms with E-state index in [-0.39, 0.29) is 50.2 Å². The molecule has 2 N–H and O–H groups in total. The summed E-state index contributed by atoms with van der Waals surface area (Å²) in [5.41, 5.74) is 1.92. The molecule has 7 heteroatoms. The number of nitrogens with one attached hydrogen (secondary N) is 2. The third-order valence-electron chi connectivity index (χ3n) is 9.61. The van der Waals surface area contributed by atoms with E-state index in [4.69, 9.17) is 0 Å². The van der Waals surface area contributed by atoms with E-state index in [1.54, 1.807) is 12.2 Å². The predicted molar refractivity (Wildman–Crippen MR) is 140 cm³/mol. The van der Waals surface area contributed by atoms with Crippen LogP contribution < -0.4 is 10.6 Å². The van der Waals surface area contributed by atoms with Gasteiger partial charge in [-0.15, -0.1) is 0 Å². The summed E-state index contributed by atoms with van der Waals surface area (Å²) >= 11 is 0. The topological polar surface area (TPSA) is 92.3 Å². The summed E-state index contributed by atoms with van der Waals surface area (Å²) < 4.78 is 24.0. The maximum Gasteiger partial charge on any atom is 0.228 e. The molecule has 2 amide bonds. The van der Waals surface area contributed by atoms with Gasteiger partial charge in [-0.3, -0.25) is 9.59 Å². The molecule has 2 fully saturated rings. The minimum absolute atomic E-state index is 0.0162. The zero-order chi connectivity index (χ0) is 26.1. The Labute approximate surface area is 209 Å². The van der Waals surface area contributed by atoms with Crippen LogP contribution in [0.25, 0.3) is 5.57 Å². The molecule has 0 aliphatic heterocycles. The molecular weight excluding hydrogens is 460 g/mol. The molecular formula is C28H36N2O4S. The normalized spacial score (nSPS) is 25.4. The van der Waals surface area contributed by atoms with Crippen molar-refractivity contribution in [3.05, 3.63) is 48.1 Å². The summed E-state index contributed by atoms with van der Waals surface area (Å²) in [7, 11) is -2.48. The lowest BCUT2D eigenvalue weighted by Gasteiger charge is -2.19. The van der Waals surface area contributed by atoms with Crippen LogP contribution in [-0.4, -0.2) is 31.1 Å². The van der Waals surface area contributed by atoms with Crippen LogP contribution in [0.4, 0.5) is 5.69 Å². The third kappa shape index (κ3) is 3.98. The van der Waals surface area contributed by atoms with E-state index in [0.717, 1.165) is 11.1 Å². The minimum atomic E-state index is -2.48. The number of hydrogen-bond acceptors (Lipinski definition) is 4. The fourth-order valence-electron chi connectivity index (χ4n) is 5.94. The van der Waals surface area contributed by atoms with Gasteiger partial charge < -0.3 is 10.6 Å². The third-order valence-corrected chi connectivity index (χ3v) is 10.4. The van der Waals surface area contributed by atoms with Gasteiger partial charge in [-0.1, -0.05) is 79.7 Å². The van der Waals surface area contributed by atoms with Crippen molar-refractivity contribution in [1.29, 1.82) is 0 Å². The maximum atomic E-state index is 12.9. The van der Waals surface area contributed by atoms with Crippen LogP contribution in [0.15, 0.2) is 42.5 Å². The second kappa shape index (κ2) is 7.92. The maximum absolute atomic E-state index is 12.9. The number of allylic oxidation sites excluding steroid dienone is 2. The van der Waals surface area contributed by atoms with Crippen molar-refractivity contribution in [2.45, 2.75) is 61.4 Å². The van der Waals surface area contributed by atoms with Crippen molar-refractivity contribution in [2.75, 3.05) is 5.32 Å². The summed E-state index contributed by atoms with van der Waals surface area (Å²) in [5, 5.41) is 5.91. The molecule has 0 heterocycles. The second-order valence-corrected chi connectivity index (χ2v) is 13.3. The van der Waals surface area contributed by atoms with Crippen LogP contribution in [0.1, 0.15) is 61.0 Å². The van der Waals surface area contributed by atoms with Crippen LogP contribution in [0.3, 0.4) is 0 Å². The highest BCUT2D eigenvalue weighted by atomic mass is 32.2. The first-order valence-corrected chi connectivity index (χ1v) is 13.2. The summed E-state index contributed by atoms with van der Waals surface area (Å²) in [4.78, 5) is 25.7. The zero-order valence-corrected chi connectivity index (χ0v) is 22.6. The SMILES string of the molecule is CC1(C)C(C(=O)Nc2ccc(C3=CC(=S(=O)=O)[C@@H](NC(=O)C4C(C)(C)C4(C)C)C=C3)cc2)C1(C)C. The lowest BCUT2D eigenvalue weighted by Crippen LogP contribution is -2.41. The largest absolute Gasteiger partial charge is 0.344 e. The Balaban J connectivity index is 1.46. The molecule has 0 aromatic heterocycles. The first-order chi connectivity index (χ1) is 16.0. The van der Waals surface area contributed by atoms with Crippen molar-refractivity contribution in [3.8, 4) is 0 Å². The summed E-state index contributed by atoms with van der Waals surface area (Å²) in [6, 6.07) is 6.66. The van der Waals surface area contributed by atoms with Crippen molar-refractivity contribution in [1.82, 2.24) is 5.32 Å². The van der Waals surface area contributed by atoms with Crippen LogP contribution >= 0.6 is 0 Å². The smallest absolute Gasteiger partial charge is 0.228 e. The molecule has 1 aromatic carbocycles. The number of carbonyl (C=O) groups is 2. The van der Waals surface area contributed by atoms with Gasteiger partial charge in [0.25, 0.3) is 0 Å². The van der Waals surface area contributed by atoms with E-state index in [0.29, 0.717) is 5.69 Å². The van der Waals surface area contributed by atoms with Crippen LogP contribution in [0.5, 0.6) is 0 Å². The van der Waals surface area contributed by atoms with Gasteiger partial charge in [0.15, 0.2) is 0 Å². The predicted octanol–water partition coefficient (Wildman–Crippen LogP) is 4.48. The minimum Gasteiger partial charge on any atom is -0.344 e. The lowest BCUT2D eigenvalue weighted by atomic mass is 9.96. The average molecular weight is 497 g/mol. The van der Waals surface area contributed by atoms with E-state index in [2.05, 4.69) is 66.0 Å². The Morgan fingerprint density at radius 3 is 1.71 bits per heavy atom. The number of benzene rings is 1. The Morgan fingerprint density at radius 2 is 1.26 bits per heavy atom. The van der Waals surface area contributed by atoms with Gasteiger partial charge in [-0.2, -0.15) is 8.42 Å². The molecule has 0 spiro atoms.